The Morgan fingerprint density at radius 3 is 2.47 bits per heavy atom. The zero-order valence-electron chi connectivity index (χ0n) is 10.8. The van der Waals surface area contributed by atoms with Crippen molar-refractivity contribution in [3.8, 4) is 0 Å². The van der Waals surface area contributed by atoms with Crippen LogP contribution in [0.4, 0.5) is 5.69 Å². The monoisotopic (exact) mass is 259 g/mol. The van der Waals surface area contributed by atoms with E-state index in [1.807, 2.05) is 24.3 Å². The number of carbonyl (C=O) groups excluding carboxylic acids is 1. The Morgan fingerprint density at radius 1 is 1.32 bits per heavy atom. The van der Waals surface area contributed by atoms with E-state index in [4.69, 9.17) is 10.8 Å². The summed E-state index contributed by atoms with van der Waals surface area (Å²) in [5, 5.41) is 11.8. The molecule has 1 aromatic carbocycles. The molecule has 0 aliphatic heterocycles. The number of nitrogens with one attached hydrogen (secondary N) is 1. The molecule has 1 heterocycles. The van der Waals surface area contributed by atoms with E-state index in [9.17, 15) is 4.79 Å². The highest BCUT2D eigenvalue weighted by molar-refractivity contribution is 5.93. The number of benzene rings is 1. The predicted molar refractivity (Wildman–Crippen MR) is 73.4 cm³/mol. The van der Waals surface area contributed by atoms with Crippen molar-refractivity contribution in [1.29, 1.82) is 0 Å². The molecule has 0 unspecified atom stereocenters. The van der Waals surface area contributed by atoms with Gasteiger partial charge in [-0.05, 0) is 17.2 Å². The summed E-state index contributed by atoms with van der Waals surface area (Å²) in [4.78, 5) is 11.9. The highest BCUT2D eigenvalue weighted by Gasteiger charge is 2.10. The van der Waals surface area contributed by atoms with Gasteiger partial charge < -0.3 is 20.7 Å². The Hall–Kier alpha value is -2.27. The molecular weight excluding hydrogens is 242 g/mol. The molecule has 1 aromatic heterocycles. The lowest BCUT2D eigenvalue weighted by Gasteiger charge is -2.06. The number of carbonyl (C=O) groups is 1. The summed E-state index contributed by atoms with van der Waals surface area (Å²) >= 11 is 0. The normalized spacial score (nSPS) is 10.4. The SMILES string of the molecule is Cn1cc(N)cc1C(=O)NCc1ccc(CO)cc1. The summed E-state index contributed by atoms with van der Waals surface area (Å²) in [7, 11) is 1.78. The Kier molecular flexibility index (Phi) is 3.87. The van der Waals surface area contributed by atoms with Crippen LogP contribution in [0.3, 0.4) is 0 Å². The molecule has 5 nitrogen and oxygen atoms in total. The fourth-order valence-electron chi connectivity index (χ4n) is 1.85. The predicted octanol–water partition coefficient (Wildman–Crippen LogP) is 1.03. The number of hydrogen-bond acceptors (Lipinski definition) is 3. The maximum atomic E-state index is 11.9. The largest absolute Gasteiger partial charge is 0.397 e. The quantitative estimate of drug-likeness (QED) is 0.767. The molecule has 4 N–H and O–H groups in total. The van der Waals surface area contributed by atoms with Gasteiger partial charge in [0.15, 0.2) is 0 Å². The van der Waals surface area contributed by atoms with Gasteiger partial charge in [-0.15, -0.1) is 0 Å². The molecule has 0 spiro atoms. The highest BCUT2D eigenvalue weighted by atomic mass is 16.3. The number of nitrogens with two attached hydrogens (primary N) is 1. The molecule has 0 aliphatic rings. The van der Waals surface area contributed by atoms with Crippen molar-refractivity contribution in [2.45, 2.75) is 13.2 Å². The average molecular weight is 259 g/mol. The van der Waals surface area contributed by atoms with Crippen molar-refractivity contribution >= 4 is 11.6 Å². The van der Waals surface area contributed by atoms with Gasteiger partial charge in [0.2, 0.25) is 0 Å². The minimum absolute atomic E-state index is 0.0231. The van der Waals surface area contributed by atoms with Crippen LogP contribution in [0.5, 0.6) is 0 Å². The van der Waals surface area contributed by atoms with E-state index < -0.39 is 0 Å². The fourth-order valence-corrected chi connectivity index (χ4v) is 1.85. The first-order chi connectivity index (χ1) is 9.10. The van der Waals surface area contributed by atoms with Gasteiger partial charge in [-0.25, -0.2) is 0 Å². The number of anilines is 1. The van der Waals surface area contributed by atoms with E-state index in [1.54, 1.807) is 23.9 Å². The van der Waals surface area contributed by atoms with Crippen LogP contribution < -0.4 is 11.1 Å². The molecule has 19 heavy (non-hydrogen) atoms. The number of aliphatic hydroxyl groups is 1. The zero-order chi connectivity index (χ0) is 13.8. The fraction of sp³-hybridized carbons (Fsp3) is 0.214. The minimum atomic E-state index is -0.162. The lowest BCUT2D eigenvalue weighted by Crippen LogP contribution is -2.24. The number of aryl methyl sites for hydroxylation is 1. The van der Waals surface area contributed by atoms with E-state index in [2.05, 4.69) is 5.32 Å². The topological polar surface area (TPSA) is 80.3 Å². The molecule has 1 amide bonds. The van der Waals surface area contributed by atoms with E-state index in [-0.39, 0.29) is 12.5 Å². The summed E-state index contributed by atoms with van der Waals surface area (Å²) < 4.78 is 1.69. The molecule has 0 aliphatic carbocycles. The van der Waals surface area contributed by atoms with Crippen LogP contribution in [0.1, 0.15) is 21.6 Å². The van der Waals surface area contributed by atoms with Gasteiger partial charge in [0.1, 0.15) is 5.69 Å². The van der Waals surface area contributed by atoms with Gasteiger partial charge in [0.05, 0.1) is 12.3 Å². The first-order valence-electron chi connectivity index (χ1n) is 5.99. The van der Waals surface area contributed by atoms with Crippen molar-refractivity contribution in [1.82, 2.24) is 9.88 Å². The Morgan fingerprint density at radius 2 is 1.95 bits per heavy atom. The molecule has 0 radical (unpaired) electrons. The third kappa shape index (κ3) is 3.14. The molecule has 0 atom stereocenters. The van der Waals surface area contributed by atoms with Crippen LogP contribution >= 0.6 is 0 Å². The van der Waals surface area contributed by atoms with Gasteiger partial charge in [-0.1, -0.05) is 24.3 Å². The summed E-state index contributed by atoms with van der Waals surface area (Å²) in [5.41, 5.74) is 8.56. The number of nitrogen functional groups attached to an aromatic ring is 1. The van der Waals surface area contributed by atoms with Gasteiger partial charge in [0, 0.05) is 19.8 Å². The Balaban J connectivity index is 1.98. The lowest BCUT2D eigenvalue weighted by atomic mass is 10.1. The van der Waals surface area contributed by atoms with Crippen molar-refractivity contribution in [3.05, 3.63) is 53.3 Å². The summed E-state index contributed by atoms with van der Waals surface area (Å²) in [6.07, 6.45) is 1.70. The zero-order valence-corrected chi connectivity index (χ0v) is 10.8. The Labute approximate surface area is 111 Å². The molecule has 0 saturated carbocycles. The third-order valence-corrected chi connectivity index (χ3v) is 2.92. The standard InChI is InChI=1S/C14H17N3O2/c1-17-8-12(15)6-13(17)14(19)16-7-10-2-4-11(9-18)5-3-10/h2-6,8,18H,7,9,15H2,1H3,(H,16,19). The van der Waals surface area contributed by atoms with Crippen LogP contribution in [0, 0.1) is 0 Å². The van der Waals surface area contributed by atoms with E-state index in [0.717, 1.165) is 11.1 Å². The van der Waals surface area contributed by atoms with Crippen molar-refractivity contribution in [2.24, 2.45) is 7.05 Å². The Bertz CT molecular complexity index is 573. The van der Waals surface area contributed by atoms with Crippen molar-refractivity contribution in [2.75, 3.05) is 5.73 Å². The number of rotatable bonds is 4. The summed E-state index contributed by atoms with van der Waals surface area (Å²) in [6.45, 7) is 0.463. The van der Waals surface area contributed by atoms with E-state index in [1.165, 1.54) is 0 Å². The van der Waals surface area contributed by atoms with Crippen LogP contribution in [0.2, 0.25) is 0 Å². The smallest absolute Gasteiger partial charge is 0.268 e. The van der Waals surface area contributed by atoms with Crippen molar-refractivity contribution < 1.29 is 9.90 Å². The second-order valence-electron chi connectivity index (χ2n) is 4.43. The molecule has 5 heteroatoms. The average Bonchev–Trinajstić information content (AvgIpc) is 2.75. The van der Waals surface area contributed by atoms with Gasteiger partial charge in [0.25, 0.3) is 5.91 Å². The van der Waals surface area contributed by atoms with Crippen LogP contribution in [0.25, 0.3) is 0 Å². The maximum absolute atomic E-state index is 11.9. The first kappa shape index (κ1) is 13.2. The molecule has 100 valence electrons. The van der Waals surface area contributed by atoms with Gasteiger partial charge in [-0.3, -0.25) is 4.79 Å². The molecule has 0 saturated heterocycles. The van der Waals surface area contributed by atoms with E-state index in [0.29, 0.717) is 17.9 Å². The van der Waals surface area contributed by atoms with Crippen molar-refractivity contribution in [3.63, 3.8) is 0 Å². The molecule has 0 bridgehead atoms. The number of hydrogen-bond donors (Lipinski definition) is 3. The lowest BCUT2D eigenvalue weighted by molar-refractivity contribution is 0.0943. The van der Waals surface area contributed by atoms with Crippen LogP contribution in [0.15, 0.2) is 36.5 Å². The number of amides is 1. The number of aliphatic hydroxyl groups excluding tert-OH is 1. The van der Waals surface area contributed by atoms with Crippen LogP contribution in [-0.2, 0) is 20.2 Å². The maximum Gasteiger partial charge on any atom is 0.268 e. The summed E-state index contributed by atoms with van der Waals surface area (Å²) in [6, 6.07) is 9.07. The highest BCUT2D eigenvalue weighted by Crippen LogP contribution is 2.09. The van der Waals surface area contributed by atoms with Gasteiger partial charge in [-0.2, -0.15) is 0 Å². The number of aromatic nitrogens is 1. The third-order valence-electron chi connectivity index (χ3n) is 2.92. The molecule has 0 fully saturated rings. The summed E-state index contributed by atoms with van der Waals surface area (Å²) in [5.74, 6) is -0.162. The second-order valence-corrected chi connectivity index (χ2v) is 4.43. The molecular formula is C14H17N3O2. The van der Waals surface area contributed by atoms with Gasteiger partial charge >= 0.3 is 0 Å². The molecule has 2 rings (SSSR count). The second kappa shape index (κ2) is 5.58. The minimum Gasteiger partial charge on any atom is -0.397 e. The number of nitrogens with zero attached hydrogens (tertiary/aromatic N) is 1. The first-order valence-corrected chi connectivity index (χ1v) is 5.99. The molecule has 2 aromatic rings. The van der Waals surface area contributed by atoms with Crippen LogP contribution in [-0.4, -0.2) is 15.6 Å². The van der Waals surface area contributed by atoms with E-state index >= 15 is 0 Å².